The van der Waals surface area contributed by atoms with E-state index < -0.39 is 23.0 Å². The first kappa shape index (κ1) is 33.4. The fourth-order valence-electron chi connectivity index (χ4n) is 5.19. The zero-order valence-corrected chi connectivity index (χ0v) is 28.6. The van der Waals surface area contributed by atoms with Crippen LogP contribution in [0.4, 0.5) is 0 Å². The maximum Gasteiger partial charge on any atom is 0.341 e. The molecule has 0 unspecified atom stereocenters. The van der Waals surface area contributed by atoms with Gasteiger partial charge in [0.1, 0.15) is 5.56 Å². The zero-order valence-electron chi connectivity index (χ0n) is 24.9. The Morgan fingerprint density at radius 1 is 0.891 bits per heavy atom. The first-order chi connectivity index (χ1) is 22.0. The molecule has 1 heterocycles. The first-order valence-electron chi connectivity index (χ1n) is 14.5. The number of amides is 1. The van der Waals surface area contributed by atoms with Crippen molar-refractivity contribution in [2.75, 3.05) is 0 Å². The van der Waals surface area contributed by atoms with Crippen LogP contribution in [0.5, 0.6) is 0 Å². The molecule has 0 bridgehead atoms. The zero-order chi connectivity index (χ0) is 33.1. The van der Waals surface area contributed by atoms with Gasteiger partial charge in [-0.2, -0.15) is 0 Å². The van der Waals surface area contributed by atoms with Crippen molar-refractivity contribution in [2.24, 2.45) is 0 Å². The molecule has 0 aliphatic rings. The molecule has 1 atom stereocenters. The van der Waals surface area contributed by atoms with Gasteiger partial charge < -0.3 is 15.0 Å². The van der Waals surface area contributed by atoms with E-state index >= 15 is 0 Å². The fourth-order valence-corrected chi connectivity index (χ4v) is 6.40. The van der Waals surface area contributed by atoms with Crippen molar-refractivity contribution < 1.29 is 19.5 Å². The van der Waals surface area contributed by atoms with Crippen molar-refractivity contribution in [1.29, 1.82) is 0 Å². The van der Waals surface area contributed by atoms with Crippen LogP contribution in [0.15, 0.2) is 89.9 Å². The second-order valence-corrected chi connectivity index (χ2v) is 12.8. The number of carbonyl (C=O) groups excluding carboxylic acids is 2. The number of carbonyl (C=O) groups is 3. The standard InChI is InChI=1S/C36H29Cl2IN2O5/c1-3-21-4-7-23(8-5-21)24-9-11-25(12-10-24)35(44)40-20(2)31(42)17-26-13-15-30-32(33(26)39)34(43)27(36(45)46)19-41(30)18-22-6-14-28(37)29(38)16-22/h4-16,19-20H,3,17-18H2,1-2H3,(H,40,44)(H,45,46)/t20-/m0/s1. The average Bonchev–Trinajstić information content (AvgIpc) is 3.04. The Kier molecular flexibility index (Phi) is 10.3. The highest BCUT2D eigenvalue weighted by Crippen LogP contribution is 2.27. The molecule has 0 saturated carbocycles. The number of aromatic nitrogens is 1. The third-order valence-electron chi connectivity index (χ3n) is 7.87. The van der Waals surface area contributed by atoms with Crippen LogP contribution in [0.1, 0.15) is 51.3 Å². The van der Waals surface area contributed by atoms with Crippen LogP contribution in [0.3, 0.4) is 0 Å². The van der Waals surface area contributed by atoms with Crippen molar-refractivity contribution >= 4 is 74.4 Å². The summed E-state index contributed by atoms with van der Waals surface area (Å²) >= 11 is 14.2. The average molecular weight is 767 g/mol. The number of pyridine rings is 1. The molecule has 5 aromatic rings. The van der Waals surface area contributed by atoms with E-state index in [1.165, 1.54) is 11.8 Å². The molecule has 7 nitrogen and oxygen atoms in total. The van der Waals surface area contributed by atoms with Crippen LogP contribution in [0, 0.1) is 3.57 Å². The lowest BCUT2D eigenvalue weighted by Gasteiger charge is -2.17. The minimum Gasteiger partial charge on any atom is -0.477 e. The van der Waals surface area contributed by atoms with Crippen molar-refractivity contribution in [3.63, 3.8) is 0 Å². The normalized spacial score (nSPS) is 11.8. The smallest absolute Gasteiger partial charge is 0.341 e. The molecule has 46 heavy (non-hydrogen) atoms. The summed E-state index contributed by atoms with van der Waals surface area (Å²) in [6.07, 6.45) is 2.21. The molecule has 0 aliphatic heterocycles. The highest BCUT2D eigenvalue weighted by atomic mass is 127. The minimum atomic E-state index is -1.36. The van der Waals surface area contributed by atoms with Crippen molar-refractivity contribution in [1.82, 2.24) is 9.88 Å². The number of hydrogen-bond acceptors (Lipinski definition) is 4. The number of hydrogen-bond donors (Lipinski definition) is 2. The van der Waals surface area contributed by atoms with E-state index in [1.54, 1.807) is 54.0 Å². The molecule has 10 heteroatoms. The van der Waals surface area contributed by atoms with Crippen molar-refractivity contribution in [3.05, 3.63) is 137 Å². The highest BCUT2D eigenvalue weighted by Gasteiger charge is 2.22. The number of halogens is 3. The van der Waals surface area contributed by atoms with Gasteiger partial charge in [0.2, 0.25) is 5.43 Å². The van der Waals surface area contributed by atoms with Gasteiger partial charge in [-0.05, 0) is 94.1 Å². The summed E-state index contributed by atoms with van der Waals surface area (Å²) in [7, 11) is 0. The van der Waals surface area contributed by atoms with Gasteiger partial charge in [0.05, 0.1) is 27.0 Å². The predicted molar refractivity (Wildman–Crippen MR) is 190 cm³/mol. The Labute approximate surface area is 289 Å². The van der Waals surface area contributed by atoms with E-state index in [1.807, 2.05) is 34.7 Å². The Bertz CT molecular complexity index is 2040. The Morgan fingerprint density at radius 2 is 1.52 bits per heavy atom. The lowest BCUT2D eigenvalue weighted by atomic mass is 10.0. The second-order valence-electron chi connectivity index (χ2n) is 11.0. The molecule has 0 radical (unpaired) electrons. The van der Waals surface area contributed by atoms with E-state index in [4.69, 9.17) is 23.2 Å². The molecule has 1 aromatic heterocycles. The summed E-state index contributed by atoms with van der Waals surface area (Å²) < 4.78 is 2.14. The van der Waals surface area contributed by atoms with E-state index in [0.29, 0.717) is 30.3 Å². The van der Waals surface area contributed by atoms with E-state index in [-0.39, 0.29) is 30.0 Å². The molecule has 5 rings (SSSR count). The predicted octanol–water partition coefficient (Wildman–Crippen LogP) is 7.82. The van der Waals surface area contributed by atoms with Gasteiger partial charge in [0, 0.05) is 28.3 Å². The number of aromatic carboxylic acids is 1. The Balaban J connectivity index is 1.35. The van der Waals surface area contributed by atoms with Gasteiger partial charge in [-0.3, -0.25) is 14.4 Å². The first-order valence-corrected chi connectivity index (χ1v) is 16.3. The Hall–Kier alpha value is -3.99. The van der Waals surface area contributed by atoms with Crippen LogP contribution in [0.2, 0.25) is 10.0 Å². The fraction of sp³-hybridized carbons (Fsp3) is 0.167. The molecule has 0 spiro atoms. The SMILES string of the molecule is CCc1ccc(-c2ccc(C(=O)N[C@@H](C)C(=O)Cc3ccc4c(c3I)c(=O)c(C(=O)O)cn4Cc3ccc(Cl)c(Cl)c3)cc2)cc1. The summed E-state index contributed by atoms with van der Waals surface area (Å²) in [6.45, 7) is 3.95. The van der Waals surface area contributed by atoms with Crippen LogP contribution < -0.4 is 10.7 Å². The number of rotatable bonds is 10. The van der Waals surface area contributed by atoms with E-state index in [2.05, 4.69) is 36.5 Å². The van der Waals surface area contributed by atoms with Gasteiger partial charge in [0.15, 0.2) is 5.78 Å². The molecular formula is C36H29Cl2IN2O5. The molecule has 2 N–H and O–H groups in total. The number of benzene rings is 4. The van der Waals surface area contributed by atoms with Gasteiger partial charge >= 0.3 is 5.97 Å². The number of aryl methyl sites for hydroxylation is 1. The number of fused-ring (bicyclic) bond motifs is 1. The number of carboxylic acid groups (broad SMARTS) is 1. The third kappa shape index (κ3) is 7.19. The van der Waals surface area contributed by atoms with Gasteiger partial charge in [0.25, 0.3) is 5.91 Å². The lowest BCUT2D eigenvalue weighted by molar-refractivity contribution is -0.119. The molecule has 234 valence electrons. The van der Waals surface area contributed by atoms with Crippen LogP contribution >= 0.6 is 45.8 Å². The second kappa shape index (κ2) is 14.2. The van der Waals surface area contributed by atoms with Gasteiger partial charge in [-0.15, -0.1) is 0 Å². The van der Waals surface area contributed by atoms with Gasteiger partial charge in [-0.1, -0.05) is 78.7 Å². The van der Waals surface area contributed by atoms with Gasteiger partial charge in [-0.25, -0.2) is 4.79 Å². The maximum absolute atomic E-state index is 13.3. The van der Waals surface area contributed by atoms with Crippen LogP contribution in [-0.4, -0.2) is 33.4 Å². The largest absolute Gasteiger partial charge is 0.477 e. The number of Topliss-reactive ketones (excluding diaryl/α,β-unsaturated/α-hetero) is 1. The summed E-state index contributed by atoms with van der Waals surface area (Å²) in [5.41, 5.74) is 4.50. The number of carboxylic acids is 1. The third-order valence-corrected chi connectivity index (χ3v) is 9.84. The molecule has 0 fully saturated rings. The Morgan fingerprint density at radius 3 is 2.13 bits per heavy atom. The van der Waals surface area contributed by atoms with Crippen molar-refractivity contribution in [3.8, 4) is 11.1 Å². The number of nitrogens with zero attached hydrogens (tertiary/aromatic N) is 1. The summed E-state index contributed by atoms with van der Waals surface area (Å²) in [6, 6.07) is 23.2. The minimum absolute atomic E-state index is 0.0636. The van der Waals surface area contributed by atoms with E-state index in [9.17, 15) is 24.3 Å². The van der Waals surface area contributed by atoms with E-state index in [0.717, 1.165) is 23.1 Å². The monoisotopic (exact) mass is 766 g/mol. The maximum atomic E-state index is 13.3. The van der Waals surface area contributed by atoms with Crippen LogP contribution in [-0.2, 0) is 24.2 Å². The lowest BCUT2D eigenvalue weighted by Crippen LogP contribution is -2.39. The molecule has 0 saturated heterocycles. The molecule has 4 aromatic carbocycles. The molecule has 0 aliphatic carbocycles. The molecule has 1 amide bonds. The number of ketones is 1. The topological polar surface area (TPSA) is 105 Å². The number of nitrogens with one attached hydrogen (secondary N) is 1. The van der Waals surface area contributed by atoms with Crippen molar-refractivity contribution in [2.45, 2.75) is 39.3 Å². The van der Waals surface area contributed by atoms with Crippen LogP contribution in [0.25, 0.3) is 22.0 Å². The summed E-state index contributed by atoms with van der Waals surface area (Å²) in [5, 5.41) is 13.5. The molecular weight excluding hydrogens is 738 g/mol. The summed E-state index contributed by atoms with van der Waals surface area (Å²) in [5.74, 6) is -1.99. The summed E-state index contributed by atoms with van der Waals surface area (Å²) in [4.78, 5) is 51.6. The highest BCUT2D eigenvalue weighted by molar-refractivity contribution is 14.1. The quantitative estimate of drug-likeness (QED) is 0.141.